The molecule has 0 fully saturated rings. The minimum absolute atomic E-state index is 0.0856. The molecule has 0 bridgehead atoms. The van der Waals surface area contributed by atoms with Gasteiger partial charge < -0.3 is 10.1 Å². The third-order valence-corrected chi connectivity index (χ3v) is 2.76. The van der Waals surface area contributed by atoms with Gasteiger partial charge in [-0.2, -0.15) is 0 Å². The second-order valence-corrected chi connectivity index (χ2v) is 5.47. The van der Waals surface area contributed by atoms with E-state index in [0.717, 1.165) is 11.5 Å². The molecular weight excluding hydrogens is 188 g/mol. The van der Waals surface area contributed by atoms with Gasteiger partial charge in [-0.3, -0.25) is 0 Å². The van der Waals surface area contributed by atoms with Crippen molar-refractivity contribution in [1.29, 1.82) is 0 Å². The van der Waals surface area contributed by atoms with Crippen LogP contribution in [0.2, 0.25) is 0 Å². The predicted molar refractivity (Wildman–Crippen MR) is 62.0 cm³/mol. The van der Waals surface area contributed by atoms with E-state index in [1.165, 1.54) is 0 Å². The van der Waals surface area contributed by atoms with Crippen LogP contribution in [-0.2, 0) is 5.41 Å². The van der Waals surface area contributed by atoms with Crippen LogP contribution in [-0.4, -0.2) is 21.7 Å². The van der Waals surface area contributed by atoms with Crippen LogP contribution in [0.25, 0.3) is 0 Å². The number of aromatic nitrogens is 2. The van der Waals surface area contributed by atoms with Crippen molar-refractivity contribution < 1.29 is 5.11 Å². The van der Waals surface area contributed by atoms with Gasteiger partial charge in [-0.05, 0) is 5.92 Å². The molecule has 0 radical (unpaired) electrons. The largest absolute Gasteiger partial charge is 0.396 e. The maximum absolute atomic E-state index is 9.30. The molecule has 0 aliphatic rings. The number of hydrogen-bond donors (Lipinski definition) is 2. The van der Waals surface area contributed by atoms with Gasteiger partial charge in [-0.25, -0.2) is 4.98 Å². The molecule has 1 unspecified atom stereocenters. The lowest BCUT2D eigenvalue weighted by atomic mass is 9.93. The summed E-state index contributed by atoms with van der Waals surface area (Å²) in [6.45, 7) is 10.8. The van der Waals surface area contributed by atoms with Crippen LogP contribution in [0.5, 0.6) is 0 Å². The number of aliphatic hydroxyl groups is 1. The standard InChI is InChI=1S/C12H22N2O/c1-8(2)9(7-15)11-13-6-10(14-11)12(3,4)5/h6,8-9,15H,7H2,1-5H3,(H,13,14). The molecule has 1 rings (SSSR count). The molecule has 3 heteroatoms. The molecule has 1 aromatic rings. The van der Waals surface area contributed by atoms with E-state index >= 15 is 0 Å². The number of rotatable bonds is 3. The molecule has 3 nitrogen and oxygen atoms in total. The Bertz CT molecular complexity index is 310. The second kappa shape index (κ2) is 4.35. The van der Waals surface area contributed by atoms with Crippen molar-refractivity contribution in [3.05, 3.63) is 17.7 Å². The average molecular weight is 210 g/mol. The summed E-state index contributed by atoms with van der Waals surface area (Å²) >= 11 is 0. The molecule has 0 saturated heterocycles. The van der Waals surface area contributed by atoms with Crippen molar-refractivity contribution in [3.8, 4) is 0 Å². The fraction of sp³-hybridized carbons (Fsp3) is 0.750. The summed E-state index contributed by atoms with van der Waals surface area (Å²) in [7, 11) is 0. The maximum Gasteiger partial charge on any atom is 0.111 e. The quantitative estimate of drug-likeness (QED) is 0.805. The lowest BCUT2D eigenvalue weighted by Crippen LogP contribution is -2.15. The fourth-order valence-electron chi connectivity index (χ4n) is 1.52. The van der Waals surface area contributed by atoms with E-state index in [2.05, 4.69) is 44.6 Å². The first-order valence-corrected chi connectivity index (χ1v) is 5.52. The van der Waals surface area contributed by atoms with Crippen molar-refractivity contribution in [2.24, 2.45) is 5.92 Å². The highest BCUT2D eigenvalue weighted by Gasteiger charge is 2.21. The van der Waals surface area contributed by atoms with Crippen LogP contribution in [0, 0.1) is 5.92 Å². The normalized spacial score (nSPS) is 14.6. The Morgan fingerprint density at radius 2 is 2.00 bits per heavy atom. The lowest BCUT2D eigenvalue weighted by Gasteiger charge is -2.18. The van der Waals surface area contributed by atoms with Crippen molar-refractivity contribution >= 4 is 0 Å². The van der Waals surface area contributed by atoms with E-state index in [-0.39, 0.29) is 17.9 Å². The summed E-state index contributed by atoms with van der Waals surface area (Å²) < 4.78 is 0. The van der Waals surface area contributed by atoms with Crippen LogP contribution in [0.1, 0.15) is 52.1 Å². The van der Waals surface area contributed by atoms with Gasteiger partial charge in [0.15, 0.2) is 0 Å². The van der Waals surface area contributed by atoms with Gasteiger partial charge in [-0.15, -0.1) is 0 Å². The highest BCUT2D eigenvalue weighted by atomic mass is 16.3. The Hall–Kier alpha value is -0.830. The maximum atomic E-state index is 9.30. The zero-order chi connectivity index (χ0) is 11.6. The van der Waals surface area contributed by atoms with Crippen LogP contribution < -0.4 is 0 Å². The SMILES string of the molecule is CC(C)C(CO)c1ncc(C(C)(C)C)[nH]1. The average Bonchev–Trinajstić information content (AvgIpc) is 2.52. The van der Waals surface area contributed by atoms with Gasteiger partial charge in [0, 0.05) is 23.2 Å². The molecule has 1 atom stereocenters. The molecule has 0 amide bonds. The molecule has 15 heavy (non-hydrogen) atoms. The Labute approximate surface area is 91.9 Å². The highest BCUT2D eigenvalue weighted by molar-refractivity contribution is 5.13. The van der Waals surface area contributed by atoms with Crippen LogP contribution >= 0.6 is 0 Å². The summed E-state index contributed by atoms with van der Waals surface area (Å²) in [4.78, 5) is 7.67. The molecule has 0 aliphatic carbocycles. The van der Waals surface area contributed by atoms with Crippen LogP contribution in [0.3, 0.4) is 0 Å². The van der Waals surface area contributed by atoms with Gasteiger partial charge in [0.05, 0.1) is 6.61 Å². The first kappa shape index (κ1) is 12.2. The Morgan fingerprint density at radius 1 is 1.40 bits per heavy atom. The summed E-state index contributed by atoms with van der Waals surface area (Å²) in [5, 5.41) is 9.30. The smallest absolute Gasteiger partial charge is 0.111 e. The number of hydrogen-bond acceptors (Lipinski definition) is 2. The first-order chi connectivity index (χ1) is 6.86. The fourth-order valence-corrected chi connectivity index (χ4v) is 1.52. The number of nitrogens with zero attached hydrogens (tertiary/aromatic N) is 1. The van der Waals surface area contributed by atoms with E-state index in [9.17, 15) is 5.11 Å². The second-order valence-electron chi connectivity index (χ2n) is 5.47. The number of H-pyrrole nitrogens is 1. The first-order valence-electron chi connectivity index (χ1n) is 5.52. The number of aromatic amines is 1. The Kier molecular flexibility index (Phi) is 3.55. The third kappa shape index (κ3) is 2.81. The number of imidazole rings is 1. The van der Waals surface area contributed by atoms with E-state index in [4.69, 9.17) is 0 Å². The van der Waals surface area contributed by atoms with Crippen molar-refractivity contribution in [2.45, 2.75) is 46.0 Å². The molecule has 0 aliphatic heterocycles. The van der Waals surface area contributed by atoms with Gasteiger partial charge in [0.1, 0.15) is 5.82 Å². The van der Waals surface area contributed by atoms with Crippen LogP contribution in [0.4, 0.5) is 0 Å². The van der Waals surface area contributed by atoms with E-state index in [1.54, 1.807) is 0 Å². The van der Waals surface area contributed by atoms with Gasteiger partial charge in [0.2, 0.25) is 0 Å². The molecule has 0 spiro atoms. The predicted octanol–water partition coefficient (Wildman–Crippen LogP) is 2.44. The van der Waals surface area contributed by atoms with E-state index < -0.39 is 0 Å². The highest BCUT2D eigenvalue weighted by Crippen LogP contribution is 2.25. The molecular formula is C12H22N2O. The van der Waals surface area contributed by atoms with Crippen molar-refractivity contribution in [3.63, 3.8) is 0 Å². The molecule has 86 valence electrons. The molecule has 2 N–H and O–H groups in total. The van der Waals surface area contributed by atoms with Gasteiger partial charge in [0.25, 0.3) is 0 Å². The minimum Gasteiger partial charge on any atom is -0.396 e. The Balaban J connectivity index is 2.92. The van der Waals surface area contributed by atoms with E-state index in [0.29, 0.717) is 5.92 Å². The number of nitrogens with one attached hydrogen (secondary N) is 1. The third-order valence-electron chi connectivity index (χ3n) is 2.76. The molecule has 1 heterocycles. The summed E-state index contributed by atoms with van der Waals surface area (Å²) in [6.07, 6.45) is 1.88. The Morgan fingerprint density at radius 3 is 2.33 bits per heavy atom. The molecule has 0 saturated carbocycles. The lowest BCUT2D eigenvalue weighted by molar-refractivity contribution is 0.232. The van der Waals surface area contributed by atoms with Crippen molar-refractivity contribution in [2.75, 3.05) is 6.61 Å². The van der Waals surface area contributed by atoms with E-state index in [1.807, 2.05) is 6.20 Å². The summed E-state index contributed by atoms with van der Waals surface area (Å²) in [5.41, 5.74) is 1.21. The van der Waals surface area contributed by atoms with Crippen LogP contribution in [0.15, 0.2) is 6.20 Å². The van der Waals surface area contributed by atoms with Crippen molar-refractivity contribution in [1.82, 2.24) is 9.97 Å². The zero-order valence-electron chi connectivity index (χ0n) is 10.3. The molecule has 0 aromatic carbocycles. The number of aliphatic hydroxyl groups excluding tert-OH is 1. The summed E-state index contributed by atoms with van der Waals surface area (Å²) in [6, 6.07) is 0. The van der Waals surface area contributed by atoms with Gasteiger partial charge >= 0.3 is 0 Å². The van der Waals surface area contributed by atoms with Gasteiger partial charge in [-0.1, -0.05) is 34.6 Å². The topological polar surface area (TPSA) is 48.9 Å². The zero-order valence-corrected chi connectivity index (χ0v) is 10.3. The summed E-state index contributed by atoms with van der Waals surface area (Å²) in [5.74, 6) is 1.41. The molecule has 1 aromatic heterocycles. The monoisotopic (exact) mass is 210 g/mol. The minimum atomic E-state index is 0.0856.